The maximum absolute atomic E-state index is 4.45. The fourth-order valence-electron chi connectivity index (χ4n) is 1.63. The fraction of sp³-hybridized carbons (Fsp3) is 0.417. The van der Waals surface area contributed by atoms with Crippen LogP contribution in [0.3, 0.4) is 0 Å². The highest BCUT2D eigenvalue weighted by atomic mass is 32.1. The quantitative estimate of drug-likeness (QED) is 0.880. The van der Waals surface area contributed by atoms with Crippen LogP contribution in [0.15, 0.2) is 23.7 Å². The third kappa shape index (κ3) is 2.51. The van der Waals surface area contributed by atoms with Crippen molar-refractivity contribution in [2.75, 3.05) is 6.54 Å². The van der Waals surface area contributed by atoms with Crippen LogP contribution in [0.5, 0.6) is 0 Å². The standard InChI is InChI=1S/C12H14N2S2/c1-2-10(15-5-1)11-7-14-12(16-11)8-13-6-9-3-4-9/h1-2,5,7,9,13H,3-4,6,8H2. The van der Waals surface area contributed by atoms with E-state index in [9.17, 15) is 0 Å². The molecule has 2 aromatic rings. The van der Waals surface area contributed by atoms with Crippen molar-refractivity contribution < 1.29 is 0 Å². The summed E-state index contributed by atoms with van der Waals surface area (Å²) in [6.45, 7) is 2.08. The Kier molecular flexibility index (Phi) is 3.04. The molecule has 0 saturated heterocycles. The summed E-state index contributed by atoms with van der Waals surface area (Å²) in [6.07, 6.45) is 4.81. The van der Waals surface area contributed by atoms with E-state index in [2.05, 4.69) is 27.8 Å². The van der Waals surface area contributed by atoms with E-state index >= 15 is 0 Å². The van der Waals surface area contributed by atoms with Crippen molar-refractivity contribution in [1.29, 1.82) is 0 Å². The minimum absolute atomic E-state index is 0.923. The zero-order valence-electron chi connectivity index (χ0n) is 8.98. The number of rotatable bonds is 5. The van der Waals surface area contributed by atoms with E-state index in [0.717, 1.165) is 19.0 Å². The van der Waals surface area contributed by atoms with Crippen molar-refractivity contribution in [2.45, 2.75) is 19.4 Å². The van der Waals surface area contributed by atoms with Crippen molar-refractivity contribution in [1.82, 2.24) is 10.3 Å². The lowest BCUT2D eigenvalue weighted by molar-refractivity contribution is 0.637. The highest BCUT2D eigenvalue weighted by molar-refractivity contribution is 7.21. The lowest BCUT2D eigenvalue weighted by Crippen LogP contribution is -2.15. The molecule has 0 spiro atoms. The molecule has 0 atom stereocenters. The molecule has 0 aromatic carbocycles. The molecule has 0 aliphatic heterocycles. The van der Waals surface area contributed by atoms with Gasteiger partial charge < -0.3 is 5.32 Å². The van der Waals surface area contributed by atoms with Crippen molar-refractivity contribution in [3.8, 4) is 9.75 Å². The molecular formula is C12H14N2S2. The molecule has 2 aromatic heterocycles. The predicted octanol–water partition coefficient (Wildman–Crippen LogP) is 3.37. The Morgan fingerprint density at radius 3 is 3.06 bits per heavy atom. The van der Waals surface area contributed by atoms with Gasteiger partial charge in [-0.3, -0.25) is 0 Å². The summed E-state index contributed by atoms with van der Waals surface area (Å²) in [5.74, 6) is 0.941. The van der Waals surface area contributed by atoms with E-state index in [1.54, 1.807) is 22.7 Å². The molecule has 0 unspecified atom stereocenters. The zero-order chi connectivity index (χ0) is 10.8. The maximum Gasteiger partial charge on any atom is 0.107 e. The lowest BCUT2D eigenvalue weighted by Gasteiger charge is -1.98. The van der Waals surface area contributed by atoms with Gasteiger partial charge in [-0.05, 0) is 36.8 Å². The summed E-state index contributed by atoms with van der Waals surface area (Å²) in [5, 5.41) is 6.78. The summed E-state index contributed by atoms with van der Waals surface area (Å²) in [6, 6.07) is 4.24. The fourth-order valence-corrected chi connectivity index (χ4v) is 3.34. The van der Waals surface area contributed by atoms with E-state index in [1.807, 2.05) is 6.20 Å². The van der Waals surface area contributed by atoms with Gasteiger partial charge in [-0.15, -0.1) is 22.7 Å². The smallest absolute Gasteiger partial charge is 0.107 e. The molecule has 3 rings (SSSR count). The number of hydrogen-bond acceptors (Lipinski definition) is 4. The SMILES string of the molecule is c1csc(-c2cnc(CNCC3CC3)s2)c1. The molecular weight excluding hydrogens is 236 g/mol. The van der Waals surface area contributed by atoms with Crippen LogP contribution in [0.2, 0.25) is 0 Å². The zero-order valence-corrected chi connectivity index (χ0v) is 10.6. The molecule has 0 amide bonds. The van der Waals surface area contributed by atoms with Gasteiger partial charge in [0.1, 0.15) is 5.01 Å². The average Bonchev–Trinajstić information content (AvgIpc) is 2.83. The minimum Gasteiger partial charge on any atom is -0.310 e. The van der Waals surface area contributed by atoms with Crippen LogP contribution >= 0.6 is 22.7 Å². The van der Waals surface area contributed by atoms with E-state index in [4.69, 9.17) is 0 Å². The number of thiazole rings is 1. The van der Waals surface area contributed by atoms with Crippen LogP contribution in [0, 0.1) is 5.92 Å². The number of thiophene rings is 1. The van der Waals surface area contributed by atoms with Gasteiger partial charge in [-0.2, -0.15) is 0 Å². The molecule has 0 radical (unpaired) electrons. The van der Waals surface area contributed by atoms with E-state index in [0.29, 0.717) is 0 Å². The first kappa shape index (κ1) is 10.4. The van der Waals surface area contributed by atoms with Crippen LogP contribution < -0.4 is 5.32 Å². The van der Waals surface area contributed by atoms with Gasteiger partial charge in [0.25, 0.3) is 0 Å². The first-order chi connectivity index (χ1) is 7.92. The molecule has 1 aliphatic carbocycles. The molecule has 1 fully saturated rings. The van der Waals surface area contributed by atoms with Crippen LogP contribution in [0.4, 0.5) is 0 Å². The van der Waals surface area contributed by atoms with Gasteiger partial charge in [0.05, 0.1) is 4.88 Å². The van der Waals surface area contributed by atoms with Gasteiger partial charge in [-0.1, -0.05) is 6.07 Å². The van der Waals surface area contributed by atoms with Crippen molar-refractivity contribution in [3.63, 3.8) is 0 Å². The third-order valence-electron chi connectivity index (χ3n) is 2.72. The third-order valence-corrected chi connectivity index (χ3v) is 4.79. The van der Waals surface area contributed by atoms with Gasteiger partial charge in [0, 0.05) is 17.6 Å². The summed E-state index contributed by atoms with van der Waals surface area (Å²) >= 11 is 3.58. The first-order valence-electron chi connectivity index (χ1n) is 5.61. The van der Waals surface area contributed by atoms with Gasteiger partial charge >= 0.3 is 0 Å². The van der Waals surface area contributed by atoms with E-state index in [-0.39, 0.29) is 0 Å². The monoisotopic (exact) mass is 250 g/mol. The summed E-state index contributed by atoms with van der Waals surface area (Å²) < 4.78 is 0. The lowest BCUT2D eigenvalue weighted by atomic mass is 10.4. The highest BCUT2D eigenvalue weighted by Crippen LogP contribution is 2.30. The molecule has 2 heterocycles. The Hall–Kier alpha value is -0.710. The molecule has 1 N–H and O–H groups in total. The Morgan fingerprint density at radius 1 is 1.38 bits per heavy atom. The number of nitrogens with one attached hydrogen (secondary N) is 1. The van der Waals surface area contributed by atoms with Gasteiger partial charge in [-0.25, -0.2) is 4.98 Å². The largest absolute Gasteiger partial charge is 0.310 e. The van der Waals surface area contributed by atoms with Crippen LogP contribution in [0.1, 0.15) is 17.8 Å². The van der Waals surface area contributed by atoms with Gasteiger partial charge in [0.15, 0.2) is 0 Å². The van der Waals surface area contributed by atoms with Crippen LogP contribution in [-0.2, 0) is 6.54 Å². The Labute approximate surface area is 103 Å². The molecule has 1 aliphatic rings. The molecule has 16 heavy (non-hydrogen) atoms. The summed E-state index contributed by atoms with van der Waals surface area (Å²) in [7, 11) is 0. The van der Waals surface area contributed by atoms with E-state index in [1.165, 1.54) is 27.6 Å². The molecule has 84 valence electrons. The second kappa shape index (κ2) is 4.65. The Bertz CT molecular complexity index is 443. The van der Waals surface area contributed by atoms with Crippen molar-refractivity contribution >= 4 is 22.7 Å². The molecule has 1 saturated carbocycles. The number of hydrogen-bond donors (Lipinski definition) is 1. The van der Waals surface area contributed by atoms with Crippen molar-refractivity contribution in [2.24, 2.45) is 5.92 Å². The Morgan fingerprint density at radius 2 is 2.31 bits per heavy atom. The van der Waals surface area contributed by atoms with Gasteiger partial charge in [0.2, 0.25) is 0 Å². The van der Waals surface area contributed by atoms with Crippen LogP contribution in [0.25, 0.3) is 9.75 Å². The second-order valence-electron chi connectivity index (χ2n) is 4.17. The molecule has 0 bridgehead atoms. The number of aromatic nitrogens is 1. The van der Waals surface area contributed by atoms with Crippen molar-refractivity contribution in [3.05, 3.63) is 28.7 Å². The highest BCUT2D eigenvalue weighted by Gasteiger charge is 2.20. The van der Waals surface area contributed by atoms with Crippen LogP contribution in [-0.4, -0.2) is 11.5 Å². The summed E-state index contributed by atoms with van der Waals surface area (Å²) in [4.78, 5) is 7.07. The first-order valence-corrected chi connectivity index (χ1v) is 7.31. The average molecular weight is 250 g/mol. The van der Waals surface area contributed by atoms with E-state index < -0.39 is 0 Å². The summed E-state index contributed by atoms with van der Waals surface area (Å²) in [5.41, 5.74) is 0. The second-order valence-corrected chi connectivity index (χ2v) is 6.23. The minimum atomic E-state index is 0.923. The normalized spacial score (nSPS) is 15.5. The maximum atomic E-state index is 4.45. The Balaban J connectivity index is 1.59. The number of nitrogens with zero attached hydrogens (tertiary/aromatic N) is 1. The molecule has 4 heteroatoms. The molecule has 2 nitrogen and oxygen atoms in total. The topological polar surface area (TPSA) is 24.9 Å². The predicted molar refractivity (Wildman–Crippen MR) is 69.9 cm³/mol.